The molecule has 2 rings (SSSR count). The number of hydrogen-bond acceptors (Lipinski definition) is 5. The largest absolute Gasteiger partial charge is 0.477 e. The molecule has 0 saturated heterocycles. The first kappa shape index (κ1) is 13.3. The predicted molar refractivity (Wildman–Crippen MR) is 72.7 cm³/mol. The van der Waals surface area contributed by atoms with E-state index in [-0.39, 0.29) is 16.3 Å². The van der Waals surface area contributed by atoms with Gasteiger partial charge in [0, 0.05) is 10.7 Å². The first-order valence-electron chi connectivity index (χ1n) is 5.01. The standard InChI is InChI=1S/C11H7ClN2O4S/c12-6-1-3-7(4-2-6)13-9-8(14(17)18)5-19-10(9)11(15)16/h1-5,13H,(H,15,16). The van der Waals surface area contributed by atoms with Crippen LogP contribution in [-0.2, 0) is 0 Å². The monoisotopic (exact) mass is 298 g/mol. The SMILES string of the molecule is O=C(O)c1scc([N+](=O)[O-])c1Nc1ccc(Cl)cc1. The molecule has 1 heterocycles. The van der Waals surface area contributed by atoms with E-state index in [9.17, 15) is 14.9 Å². The molecule has 6 nitrogen and oxygen atoms in total. The molecule has 0 bridgehead atoms. The maximum Gasteiger partial charge on any atom is 0.348 e. The molecule has 0 aliphatic carbocycles. The Kier molecular flexibility index (Phi) is 3.68. The number of benzene rings is 1. The third kappa shape index (κ3) is 2.83. The number of thiophene rings is 1. The fraction of sp³-hybridized carbons (Fsp3) is 0. The molecular formula is C11H7ClN2O4S. The van der Waals surface area contributed by atoms with Crippen molar-refractivity contribution in [3.05, 3.63) is 49.7 Å². The van der Waals surface area contributed by atoms with E-state index in [2.05, 4.69) is 5.32 Å². The zero-order chi connectivity index (χ0) is 14.0. The summed E-state index contributed by atoms with van der Waals surface area (Å²) in [6.07, 6.45) is 0. The van der Waals surface area contributed by atoms with Crippen LogP contribution in [0.1, 0.15) is 9.67 Å². The Balaban J connectivity index is 2.42. The summed E-state index contributed by atoms with van der Waals surface area (Å²) in [7, 11) is 0. The van der Waals surface area contributed by atoms with Crippen molar-refractivity contribution in [2.75, 3.05) is 5.32 Å². The molecule has 0 amide bonds. The zero-order valence-corrected chi connectivity index (χ0v) is 10.9. The minimum Gasteiger partial charge on any atom is -0.477 e. The van der Waals surface area contributed by atoms with Crippen molar-refractivity contribution in [3.8, 4) is 0 Å². The number of nitro groups is 1. The number of nitrogens with zero attached hydrogens (tertiary/aromatic N) is 1. The summed E-state index contributed by atoms with van der Waals surface area (Å²) in [5, 5.41) is 24.3. The lowest BCUT2D eigenvalue weighted by Gasteiger charge is -2.05. The van der Waals surface area contributed by atoms with E-state index in [1.54, 1.807) is 24.3 Å². The highest BCUT2D eigenvalue weighted by Gasteiger charge is 2.24. The van der Waals surface area contributed by atoms with Gasteiger partial charge < -0.3 is 10.4 Å². The van der Waals surface area contributed by atoms with Crippen LogP contribution in [0.2, 0.25) is 5.02 Å². The fourth-order valence-electron chi connectivity index (χ4n) is 1.44. The Bertz CT molecular complexity index is 607. The van der Waals surface area contributed by atoms with Crippen molar-refractivity contribution < 1.29 is 14.8 Å². The van der Waals surface area contributed by atoms with E-state index in [0.29, 0.717) is 10.7 Å². The Hall–Kier alpha value is -2.12. The summed E-state index contributed by atoms with van der Waals surface area (Å²) in [6.45, 7) is 0. The number of hydrogen-bond donors (Lipinski definition) is 2. The number of carboxylic acids is 1. The minimum absolute atomic E-state index is 0.0233. The highest BCUT2D eigenvalue weighted by molar-refractivity contribution is 7.13. The lowest BCUT2D eigenvalue weighted by Crippen LogP contribution is -2.01. The molecule has 0 saturated carbocycles. The molecule has 19 heavy (non-hydrogen) atoms. The van der Waals surface area contributed by atoms with Crippen LogP contribution >= 0.6 is 22.9 Å². The smallest absolute Gasteiger partial charge is 0.348 e. The Morgan fingerprint density at radius 1 is 1.37 bits per heavy atom. The predicted octanol–water partition coefficient (Wildman–Crippen LogP) is 3.75. The van der Waals surface area contributed by atoms with Crippen molar-refractivity contribution in [1.29, 1.82) is 0 Å². The van der Waals surface area contributed by atoms with Gasteiger partial charge in [-0.25, -0.2) is 4.79 Å². The van der Waals surface area contributed by atoms with Gasteiger partial charge in [-0.15, -0.1) is 11.3 Å². The van der Waals surface area contributed by atoms with E-state index in [4.69, 9.17) is 16.7 Å². The number of nitrogens with one attached hydrogen (secondary N) is 1. The molecular weight excluding hydrogens is 292 g/mol. The van der Waals surface area contributed by atoms with Gasteiger partial charge >= 0.3 is 11.7 Å². The third-order valence-electron chi connectivity index (χ3n) is 2.28. The van der Waals surface area contributed by atoms with Crippen LogP contribution in [0.15, 0.2) is 29.6 Å². The highest BCUT2D eigenvalue weighted by Crippen LogP contribution is 2.36. The van der Waals surface area contributed by atoms with Crippen molar-refractivity contribution in [3.63, 3.8) is 0 Å². The quantitative estimate of drug-likeness (QED) is 0.662. The van der Waals surface area contributed by atoms with E-state index >= 15 is 0 Å². The molecule has 98 valence electrons. The Labute approximate surface area is 116 Å². The van der Waals surface area contributed by atoms with Crippen LogP contribution in [0.25, 0.3) is 0 Å². The molecule has 8 heteroatoms. The summed E-state index contributed by atoms with van der Waals surface area (Å²) < 4.78 is 0. The average molecular weight is 299 g/mol. The number of carboxylic acid groups (broad SMARTS) is 1. The van der Waals surface area contributed by atoms with Gasteiger partial charge in [0.05, 0.1) is 10.3 Å². The van der Waals surface area contributed by atoms with Gasteiger partial charge in [-0.1, -0.05) is 11.6 Å². The van der Waals surface area contributed by atoms with E-state index < -0.39 is 10.9 Å². The van der Waals surface area contributed by atoms with Gasteiger partial charge in [0.25, 0.3) is 0 Å². The topological polar surface area (TPSA) is 92.5 Å². The molecule has 2 N–H and O–H groups in total. The van der Waals surface area contributed by atoms with E-state index in [1.165, 1.54) is 5.38 Å². The van der Waals surface area contributed by atoms with Crippen LogP contribution in [-0.4, -0.2) is 16.0 Å². The normalized spacial score (nSPS) is 10.2. The molecule has 0 spiro atoms. The maximum absolute atomic E-state index is 11.0. The van der Waals surface area contributed by atoms with E-state index in [1.807, 2.05) is 0 Å². The lowest BCUT2D eigenvalue weighted by molar-refractivity contribution is -0.383. The third-order valence-corrected chi connectivity index (χ3v) is 3.48. The molecule has 0 unspecified atom stereocenters. The number of aromatic carboxylic acids is 1. The van der Waals surface area contributed by atoms with Crippen LogP contribution in [0.4, 0.5) is 17.1 Å². The van der Waals surface area contributed by atoms with E-state index in [0.717, 1.165) is 11.3 Å². The average Bonchev–Trinajstić information content (AvgIpc) is 2.76. The maximum atomic E-state index is 11.0. The van der Waals surface area contributed by atoms with Crippen molar-refractivity contribution >= 4 is 46.0 Å². The van der Waals surface area contributed by atoms with Gasteiger partial charge in [-0.05, 0) is 24.3 Å². The minimum atomic E-state index is -1.21. The first-order valence-corrected chi connectivity index (χ1v) is 6.26. The number of carbonyl (C=O) groups is 1. The molecule has 2 aromatic rings. The summed E-state index contributed by atoms with van der Waals surface area (Å²) in [4.78, 5) is 21.2. The van der Waals surface area contributed by atoms with Gasteiger partial charge in [-0.2, -0.15) is 0 Å². The summed E-state index contributed by atoms with van der Waals surface area (Å²) in [5.41, 5.74) is 0.232. The van der Waals surface area contributed by atoms with Crippen LogP contribution in [0, 0.1) is 10.1 Å². The molecule has 1 aromatic heterocycles. The summed E-state index contributed by atoms with van der Waals surface area (Å²) >= 11 is 6.53. The molecule has 0 fully saturated rings. The van der Waals surface area contributed by atoms with Crippen molar-refractivity contribution in [1.82, 2.24) is 0 Å². The van der Waals surface area contributed by atoms with Gasteiger partial charge in [0.1, 0.15) is 10.6 Å². The molecule has 1 aromatic carbocycles. The zero-order valence-electron chi connectivity index (χ0n) is 9.29. The molecule has 0 aliphatic rings. The number of anilines is 2. The first-order chi connectivity index (χ1) is 8.99. The Morgan fingerprint density at radius 2 is 2.00 bits per heavy atom. The second-order valence-corrected chi connectivity index (χ2v) is 4.84. The lowest BCUT2D eigenvalue weighted by atomic mass is 10.3. The van der Waals surface area contributed by atoms with Gasteiger partial charge in [0.2, 0.25) is 0 Å². The van der Waals surface area contributed by atoms with Crippen LogP contribution < -0.4 is 5.32 Å². The van der Waals surface area contributed by atoms with Gasteiger partial charge in [0.15, 0.2) is 0 Å². The van der Waals surface area contributed by atoms with Crippen molar-refractivity contribution in [2.45, 2.75) is 0 Å². The molecule has 0 atom stereocenters. The molecule has 0 radical (unpaired) electrons. The van der Waals surface area contributed by atoms with Crippen molar-refractivity contribution in [2.24, 2.45) is 0 Å². The Morgan fingerprint density at radius 3 is 2.53 bits per heavy atom. The van der Waals surface area contributed by atoms with Crippen LogP contribution in [0.3, 0.4) is 0 Å². The number of rotatable bonds is 4. The van der Waals surface area contributed by atoms with Crippen LogP contribution in [0.5, 0.6) is 0 Å². The number of halogens is 1. The summed E-state index contributed by atoms with van der Waals surface area (Å²) in [6, 6.07) is 6.41. The molecule has 0 aliphatic heterocycles. The van der Waals surface area contributed by atoms with Gasteiger partial charge in [-0.3, -0.25) is 10.1 Å². The second kappa shape index (κ2) is 5.25. The fourth-order valence-corrected chi connectivity index (χ4v) is 2.37. The highest BCUT2D eigenvalue weighted by atomic mass is 35.5. The summed E-state index contributed by atoms with van der Waals surface area (Å²) in [5.74, 6) is -1.21. The second-order valence-electron chi connectivity index (χ2n) is 3.52.